The van der Waals surface area contributed by atoms with Crippen molar-refractivity contribution in [3.8, 4) is 5.75 Å². The van der Waals surface area contributed by atoms with Crippen LogP contribution in [0.15, 0.2) is 48.5 Å². The lowest BCUT2D eigenvalue weighted by Gasteiger charge is -2.20. The van der Waals surface area contributed by atoms with E-state index in [9.17, 15) is 0 Å². The second-order valence-electron chi connectivity index (χ2n) is 5.20. The van der Waals surface area contributed by atoms with Gasteiger partial charge >= 0.3 is 0 Å². The maximum absolute atomic E-state index is 5.42. The molecule has 0 bridgehead atoms. The summed E-state index contributed by atoms with van der Waals surface area (Å²) in [5.41, 5.74) is 3.41. The van der Waals surface area contributed by atoms with E-state index in [1.807, 2.05) is 24.3 Å². The van der Waals surface area contributed by atoms with Crippen molar-refractivity contribution in [2.45, 2.75) is 26.3 Å². The third kappa shape index (κ3) is 4.46. The summed E-state index contributed by atoms with van der Waals surface area (Å²) in [5, 5.41) is 7.18. The van der Waals surface area contributed by atoms with Crippen LogP contribution in [0.3, 0.4) is 0 Å². The van der Waals surface area contributed by atoms with Crippen molar-refractivity contribution in [1.29, 1.82) is 0 Å². The zero-order valence-electron chi connectivity index (χ0n) is 13.2. The number of methoxy groups -OCH3 is 1. The fraction of sp³-hybridized carbons (Fsp3) is 0.278. The minimum Gasteiger partial charge on any atom is -0.497 e. The average molecular weight is 314 g/mol. The molecule has 22 heavy (non-hydrogen) atoms. The molecule has 4 heteroatoms. The molecule has 116 valence electrons. The first kappa shape index (κ1) is 16.3. The first-order chi connectivity index (χ1) is 10.6. The standard InChI is InChI=1S/C18H22N2OS/c1-4-17(14-10-8-13(2)9-11-14)20-18(22)19-15-6-5-7-16(12-15)21-3/h5-12,17H,4H2,1-3H3,(H2,19,20,22)/t17-/m1/s1. The van der Waals surface area contributed by atoms with E-state index in [4.69, 9.17) is 17.0 Å². The van der Waals surface area contributed by atoms with Crippen molar-refractivity contribution < 1.29 is 4.74 Å². The number of hydrogen-bond donors (Lipinski definition) is 2. The third-order valence-electron chi connectivity index (χ3n) is 3.52. The van der Waals surface area contributed by atoms with Gasteiger partial charge in [0.15, 0.2) is 5.11 Å². The van der Waals surface area contributed by atoms with Crippen LogP contribution < -0.4 is 15.4 Å². The maximum atomic E-state index is 5.42. The number of benzene rings is 2. The van der Waals surface area contributed by atoms with Gasteiger partial charge in [-0.1, -0.05) is 42.8 Å². The van der Waals surface area contributed by atoms with Crippen LogP contribution in [0, 0.1) is 6.92 Å². The van der Waals surface area contributed by atoms with E-state index in [0.717, 1.165) is 17.9 Å². The highest BCUT2D eigenvalue weighted by molar-refractivity contribution is 7.80. The molecule has 0 unspecified atom stereocenters. The predicted molar refractivity (Wildman–Crippen MR) is 96.6 cm³/mol. The Morgan fingerprint density at radius 1 is 1.18 bits per heavy atom. The van der Waals surface area contributed by atoms with Crippen LogP contribution in [0.25, 0.3) is 0 Å². The largest absolute Gasteiger partial charge is 0.497 e. The Morgan fingerprint density at radius 3 is 2.55 bits per heavy atom. The van der Waals surface area contributed by atoms with Crippen molar-refractivity contribution in [2.24, 2.45) is 0 Å². The fourth-order valence-electron chi connectivity index (χ4n) is 2.25. The molecule has 0 aromatic heterocycles. The molecular weight excluding hydrogens is 292 g/mol. The molecule has 1 atom stereocenters. The van der Waals surface area contributed by atoms with E-state index in [0.29, 0.717) is 5.11 Å². The van der Waals surface area contributed by atoms with Crippen molar-refractivity contribution in [3.05, 3.63) is 59.7 Å². The number of anilines is 1. The summed E-state index contributed by atoms with van der Waals surface area (Å²) in [5.74, 6) is 0.804. The molecule has 2 N–H and O–H groups in total. The van der Waals surface area contributed by atoms with Crippen molar-refractivity contribution in [3.63, 3.8) is 0 Å². The van der Waals surface area contributed by atoms with Gasteiger partial charge in [-0.3, -0.25) is 0 Å². The quantitative estimate of drug-likeness (QED) is 0.799. The molecule has 0 aliphatic carbocycles. The molecule has 2 aromatic rings. The molecule has 2 aromatic carbocycles. The van der Waals surface area contributed by atoms with Gasteiger partial charge in [-0.05, 0) is 43.3 Å². The zero-order chi connectivity index (χ0) is 15.9. The Kier molecular flexibility index (Phi) is 5.78. The number of rotatable bonds is 5. The first-order valence-electron chi connectivity index (χ1n) is 7.40. The predicted octanol–water partition coefficient (Wildman–Crippen LogP) is 4.44. The highest BCUT2D eigenvalue weighted by Gasteiger charge is 2.10. The van der Waals surface area contributed by atoms with E-state index in [1.165, 1.54) is 11.1 Å². The van der Waals surface area contributed by atoms with Gasteiger partial charge in [-0.15, -0.1) is 0 Å². The second-order valence-corrected chi connectivity index (χ2v) is 5.61. The van der Waals surface area contributed by atoms with Crippen LogP contribution in [0.5, 0.6) is 5.75 Å². The van der Waals surface area contributed by atoms with E-state index in [1.54, 1.807) is 7.11 Å². The van der Waals surface area contributed by atoms with Gasteiger partial charge in [0.25, 0.3) is 0 Å². The Balaban J connectivity index is 2.01. The molecule has 0 radical (unpaired) electrons. The topological polar surface area (TPSA) is 33.3 Å². The van der Waals surface area contributed by atoms with E-state index in [2.05, 4.69) is 48.7 Å². The van der Waals surface area contributed by atoms with Gasteiger partial charge in [0, 0.05) is 11.8 Å². The Morgan fingerprint density at radius 2 is 1.91 bits per heavy atom. The van der Waals surface area contributed by atoms with Gasteiger partial charge in [-0.2, -0.15) is 0 Å². The fourth-order valence-corrected chi connectivity index (χ4v) is 2.51. The monoisotopic (exact) mass is 314 g/mol. The lowest BCUT2D eigenvalue weighted by Crippen LogP contribution is -2.32. The third-order valence-corrected chi connectivity index (χ3v) is 3.74. The highest BCUT2D eigenvalue weighted by atomic mass is 32.1. The van der Waals surface area contributed by atoms with Gasteiger partial charge in [0.05, 0.1) is 13.2 Å². The van der Waals surface area contributed by atoms with Crippen LogP contribution in [0.1, 0.15) is 30.5 Å². The lowest BCUT2D eigenvalue weighted by atomic mass is 10.0. The van der Waals surface area contributed by atoms with Gasteiger partial charge < -0.3 is 15.4 Å². The van der Waals surface area contributed by atoms with E-state index >= 15 is 0 Å². The van der Waals surface area contributed by atoms with Crippen LogP contribution in [-0.2, 0) is 0 Å². The molecule has 0 saturated carbocycles. The normalized spacial score (nSPS) is 11.6. The molecule has 0 spiro atoms. The number of nitrogens with one attached hydrogen (secondary N) is 2. The van der Waals surface area contributed by atoms with E-state index in [-0.39, 0.29) is 6.04 Å². The lowest BCUT2D eigenvalue weighted by molar-refractivity contribution is 0.415. The number of thiocarbonyl (C=S) groups is 1. The number of aryl methyl sites for hydroxylation is 1. The molecule has 0 heterocycles. The Bertz CT molecular complexity index is 625. The van der Waals surface area contributed by atoms with Gasteiger partial charge in [0.1, 0.15) is 5.75 Å². The van der Waals surface area contributed by atoms with Crippen molar-refractivity contribution in [2.75, 3.05) is 12.4 Å². The summed E-state index contributed by atoms with van der Waals surface area (Å²) in [7, 11) is 1.65. The first-order valence-corrected chi connectivity index (χ1v) is 7.81. The molecule has 0 aliphatic heterocycles. The smallest absolute Gasteiger partial charge is 0.171 e. The molecule has 0 saturated heterocycles. The van der Waals surface area contributed by atoms with E-state index < -0.39 is 0 Å². The minimum atomic E-state index is 0.200. The molecular formula is C18H22N2OS. The summed E-state index contributed by atoms with van der Waals surface area (Å²) in [6, 6.07) is 16.4. The van der Waals surface area contributed by atoms with Crippen molar-refractivity contribution in [1.82, 2.24) is 5.32 Å². The maximum Gasteiger partial charge on any atom is 0.171 e. The van der Waals surface area contributed by atoms with Crippen LogP contribution in [-0.4, -0.2) is 12.2 Å². The van der Waals surface area contributed by atoms with Crippen molar-refractivity contribution >= 4 is 23.0 Å². The number of hydrogen-bond acceptors (Lipinski definition) is 2. The molecule has 0 fully saturated rings. The molecule has 0 aliphatic rings. The van der Waals surface area contributed by atoms with Crippen LogP contribution >= 0.6 is 12.2 Å². The minimum absolute atomic E-state index is 0.200. The summed E-state index contributed by atoms with van der Waals surface area (Å²) in [4.78, 5) is 0. The number of ether oxygens (including phenoxy) is 1. The van der Waals surface area contributed by atoms with Gasteiger partial charge in [-0.25, -0.2) is 0 Å². The summed E-state index contributed by atoms with van der Waals surface area (Å²) < 4.78 is 5.22. The molecule has 2 rings (SSSR count). The molecule has 3 nitrogen and oxygen atoms in total. The van der Waals surface area contributed by atoms with Crippen LogP contribution in [0.2, 0.25) is 0 Å². The summed E-state index contributed by atoms with van der Waals surface area (Å²) in [6.45, 7) is 4.23. The van der Waals surface area contributed by atoms with Crippen LogP contribution in [0.4, 0.5) is 5.69 Å². The second kappa shape index (κ2) is 7.80. The molecule has 0 amide bonds. The Labute approximate surface area is 137 Å². The highest BCUT2D eigenvalue weighted by Crippen LogP contribution is 2.19. The summed E-state index contributed by atoms with van der Waals surface area (Å²) in [6.07, 6.45) is 0.961. The Hall–Kier alpha value is -2.07. The SMILES string of the molecule is CC[C@@H](NC(=S)Nc1cccc(OC)c1)c1ccc(C)cc1. The zero-order valence-corrected chi connectivity index (χ0v) is 14.0. The summed E-state index contributed by atoms with van der Waals surface area (Å²) >= 11 is 5.42. The van der Waals surface area contributed by atoms with Gasteiger partial charge in [0.2, 0.25) is 0 Å². The average Bonchev–Trinajstić information content (AvgIpc) is 2.53.